The summed E-state index contributed by atoms with van der Waals surface area (Å²) in [7, 11) is 1.66. The highest BCUT2D eigenvalue weighted by Gasteiger charge is 2.14. The summed E-state index contributed by atoms with van der Waals surface area (Å²) in [6.45, 7) is 0. The molecule has 0 saturated heterocycles. The number of hydrogen-bond acceptors (Lipinski definition) is 4. The Bertz CT molecular complexity index is 525. The first kappa shape index (κ1) is 9.39. The Balaban J connectivity index is 2.81. The quantitative estimate of drug-likeness (QED) is 0.770. The van der Waals surface area contributed by atoms with E-state index < -0.39 is 5.97 Å². The molecule has 1 aromatic carbocycles. The molecule has 5 heteroatoms. The lowest BCUT2D eigenvalue weighted by atomic mass is 10.1. The van der Waals surface area contributed by atoms with Gasteiger partial charge in [-0.2, -0.15) is 0 Å². The van der Waals surface area contributed by atoms with Crippen molar-refractivity contribution in [2.45, 2.75) is 0 Å². The highest BCUT2D eigenvalue weighted by molar-refractivity contribution is 6.02. The molecule has 1 heterocycles. The first-order valence-electron chi connectivity index (χ1n) is 4.40. The summed E-state index contributed by atoms with van der Waals surface area (Å²) in [5.74, 6) is -1.09. The van der Waals surface area contributed by atoms with Gasteiger partial charge in [0.1, 0.15) is 0 Å². The van der Waals surface area contributed by atoms with Crippen LogP contribution in [0.15, 0.2) is 24.3 Å². The zero-order valence-electron chi connectivity index (χ0n) is 8.06. The minimum Gasteiger partial charge on any atom is -0.476 e. The van der Waals surface area contributed by atoms with E-state index in [-0.39, 0.29) is 5.69 Å². The lowest BCUT2D eigenvalue weighted by Gasteiger charge is -2.06. The highest BCUT2D eigenvalue weighted by atomic mass is 16.4. The second-order valence-electron chi connectivity index (χ2n) is 3.00. The third kappa shape index (κ3) is 1.48. The lowest BCUT2D eigenvalue weighted by Crippen LogP contribution is -2.07. The maximum absolute atomic E-state index is 10.9. The van der Waals surface area contributed by atoms with Crippen LogP contribution in [0, 0.1) is 0 Å². The fourth-order valence-corrected chi connectivity index (χ4v) is 1.46. The van der Waals surface area contributed by atoms with Crippen molar-refractivity contribution in [1.29, 1.82) is 0 Å². The zero-order valence-corrected chi connectivity index (χ0v) is 8.06. The van der Waals surface area contributed by atoms with E-state index >= 15 is 0 Å². The Morgan fingerprint density at radius 3 is 2.73 bits per heavy atom. The first-order valence-corrected chi connectivity index (χ1v) is 4.40. The van der Waals surface area contributed by atoms with E-state index in [1.165, 1.54) is 0 Å². The fourth-order valence-electron chi connectivity index (χ4n) is 1.46. The number of hydrogen-bond donors (Lipinski definition) is 2. The molecule has 15 heavy (non-hydrogen) atoms. The molecule has 2 aromatic rings. The van der Waals surface area contributed by atoms with Crippen LogP contribution in [0.4, 0.5) is 5.69 Å². The number of anilines is 1. The Kier molecular flexibility index (Phi) is 2.21. The number of aromatic carboxylic acids is 1. The molecule has 0 spiro atoms. The highest BCUT2D eigenvalue weighted by Crippen LogP contribution is 2.23. The van der Waals surface area contributed by atoms with Crippen molar-refractivity contribution in [3.63, 3.8) is 0 Å². The number of nitrogens with one attached hydrogen (secondary N) is 1. The number of carboxylic acid groups (broad SMARTS) is 1. The van der Waals surface area contributed by atoms with Gasteiger partial charge in [-0.1, -0.05) is 18.2 Å². The molecular formula is C10H9N3O2. The Hall–Kier alpha value is -2.17. The SMILES string of the molecule is CNc1c(C(=O)O)nnc2ccccc12. The summed E-state index contributed by atoms with van der Waals surface area (Å²) < 4.78 is 0. The Morgan fingerprint density at radius 1 is 1.33 bits per heavy atom. The molecule has 0 aliphatic heterocycles. The van der Waals surface area contributed by atoms with Gasteiger partial charge in [0.05, 0.1) is 11.2 Å². The summed E-state index contributed by atoms with van der Waals surface area (Å²) in [6, 6.07) is 7.25. The van der Waals surface area contributed by atoms with Crippen LogP contribution in [0.1, 0.15) is 10.5 Å². The number of fused-ring (bicyclic) bond motifs is 1. The second kappa shape index (κ2) is 3.53. The van der Waals surface area contributed by atoms with E-state index in [2.05, 4.69) is 15.5 Å². The van der Waals surface area contributed by atoms with Crippen molar-refractivity contribution in [1.82, 2.24) is 10.2 Å². The van der Waals surface area contributed by atoms with Crippen molar-refractivity contribution in [3.8, 4) is 0 Å². The standard InChI is InChI=1S/C10H9N3O2/c1-11-8-6-4-2-3-5-7(6)12-13-9(8)10(14)15/h2-5H,1H3,(H,11,12)(H,14,15). The van der Waals surface area contributed by atoms with Crippen molar-refractivity contribution in [2.75, 3.05) is 12.4 Å². The predicted octanol–water partition coefficient (Wildman–Crippen LogP) is 1.37. The third-order valence-corrected chi connectivity index (χ3v) is 2.12. The van der Waals surface area contributed by atoms with Crippen LogP contribution >= 0.6 is 0 Å². The van der Waals surface area contributed by atoms with Crippen LogP contribution in [0.5, 0.6) is 0 Å². The molecule has 5 nitrogen and oxygen atoms in total. The van der Waals surface area contributed by atoms with Gasteiger partial charge in [0.15, 0.2) is 5.69 Å². The normalized spacial score (nSPS) is 10.2. The van der Waals surface area contributed by atoms with Gasteiger partial charge in [-0.05, 0) is 6.07 Å². The first-order chi connectivity index (χ1) is 7.24. The van der Waals surface area contributed by atoms with Crippen LogP contribution in [0.2, 0.25) is 0 Å². The van der Waals surface area contributed by atoms with Gasteiger partial charge >= 0.3 is 5.97 Å². The van der Waals surface area contributed by atoms with Gasteiger partial charge in [0.2, 0.25) is 0 Å². The van der Waals surface area contributed by atoms with Gasteiger partial charge in [0, 0.05) is 12.4 Å². The molecule has 76 valence electrons. The molecule has 0 saturated carbocycles. The van der Waals surface area contributed by atoms with Crippen LogP contribution < -0.4 is 5.32 Å². The molecule has 0 fully saturated rings. The lowest BCUT2D eigenvalue weighted by molar-refractivity contribution is 0.0690. The Morgan fingerprint density at radius 2 is 2.07 bits per heavy atom. The molecule has 0 atom stereocenters. The molecule has 1 aromatic heterocycles. The average molecular weight is 203 g/mol. The average Bonchev–Trinajstić information content (AvgIpc) is 2.27. The number of rotatable bonds is 2. The van der Waals surface area contributed by atoms with E-state index in [0.717, 1.165) is 5.39 Å². The summed E-state index contributed by atoms with van der Waals surface area (Å²) in [6.07, 6.45) is 0. The molecule has 2 N–H and O–H groups in total. The minimum atomic E-state index is -1.09. The molecule has 0 bridgehead atoms. The number of benzene rings is 1. The monoisotopic (exact) mass is 203 g/mol. The van der Waals surface area contributed by atoms with E-state index in [1.807, 2.05) is 18.2 Å². The summed E-state index contributed by atoms with van der Waals surface area (Å²) >= 11 is 0. The molecular weight excluding hydrogens is 194 g/mol. The third-order valence-electron chi connectivity index (χ3n) is 2.12. The topological polar surface area (TPSA) is 75.1 Å². The van der Waals surface area contributed by atoms with Crippen LogP contribution in [0.25, 0.3) is 10.9 Å². The van der Waals surface area contributed by atoms with Gasteiger partial charge < -0.3 is 10.4 Å². The Labute approximate surface area is 85.8 Å². The summed E-state index contributed by atoms with van der Waals surface area (Å²) in [4.78, 5) is 10.9. The maximum atomic E-state index is 10.9. The van der Waals surface area contributed by atoms with Crippen molar-refractivity contribution in [3.05, 3.63) is 30.0 Å². The van der Waals surface area contributed by atoms with Crippen LogP contribution in [-0.2, 0) is 0 Å². The van der Waals surface area contributed by atoms with Gasteiger partial charge in [-0.25, -0.2) is 4.79 Å². The number of nitrogens with zero attached hydrogens (tertiary/aromatic N) is 2. The molecule has 0 aliphatic carbocycles. The molecule has 0 aliphatic rings. The number of carboxylic acids is 1. The molecule has 0 amide bonds. The van der Waals surface area contributed by atoms with Gasteiger partial charge in [0.25, 0.3) is 0 Å². The second-order valence-corrected chi connectivity index (χ2v) is 3.00. The smallest absolute Gasteiger partial charge is 0.358 e. The largest absolute Gasteiger partial charge is 0.476 e. The van der Waals surface area contributed by atoms with Crippen LogP contribution in [-0.4, -0.2) is 28.3 Å². The summed E-state index contributed by atoms with van der Waals surface area (Å²) in [5.41, 5.74) is 1.11. The predicted molar refractivity (Wildman–Crippen MR) is 56.0 cm³/mol. The minimum absolute atomic E-state index is 0.0591. The van der Waals surface area contributed by atoms with E-state index in [9.17, 15) is 4.79 Å². The fraction of sp³-hybridized carbons (Fsp3) is 0.100. The number of aromatic nitrogens is 2. The summed E-state index contributed by atoms with van der Waals surface area (Å²) in [5, 5.41) is 20.0. The molecule has 0 radical (unpaired) electrons. The molecule has 2 rings (SSSR count). The van der Waals surface area contributed by atoms with Crippen molar-refractivity contribution >= 4 is 22.6 Å². The van der Waals surface area contributed by atoms with Gasteiger partial charge in [-0.3, -0.25) is 0 Å². The zero-order chi connectivity index (χ0) is 10.8. The molecule has 0 unspecified atom stereocenters. The van der Waals surface area contributed by atoms with Crippen molar-refractivity contribution < 1.29 is 9.90 Å². The van der Waals surface area contributed by atoms with E-state index in [1.54, 1.807) is 13.1 Å². The van der Waals surface area contributed by atoms with Gasteiger partial charge in [-0.15, -0.1) is 10.2 Å². The van der Waals surface area contributed by atoms with E-state index in [4.69, 9.17) is 5.11 Å². The van der Waals surface area contributed by atoms with Crippen LogP contribution in [0.3, 0.4) is 0 Å². The number of carbonyl (C=O) groups is 1. The van der Waals surface area contributed by atoms with Crippen molar-refractivity contribution in [2.24, 2.45) is 0 Å². The van der Waals surface area contributed by atoms with E-state index in [0.29, 0.717) is 11.2 Å². The maximum Gasteiger partial charge on any atom is 0.358 e.